The zero-order valence-electron chi connectivity index (χ0n) is 14.3. The molecular weight excluding hydrogens is 360 g/mol. The number of thiophene rings is 2. The summed E-state index contributed by atoms with van der Waals surface area (Å²) >= 11 is 2.99. The normalized spacial score (nSPS) is 10.3. The van der Waals surface area contributed by atoms with Gasteiger partial charge in [0.1, 0.15) is 35.4 Å². The van der Waals surface area contributed by atoms with Crippen LogP contribution in [0.4, 0.5) is 0 Å². The van der Waals surface area contributed by atoms with Crippen LogP contribution < -0.4 is 10.4 Å². The van der Waals surface area contributed by atoms with Crippen LogP contribution in [0, 0.1) is 52.2 Å². The monoisotopic (exact) mass is 372 g/mol. The van der Waals surface area contributed by atoms with Gasteiger partial charge >= 0.3 is 0 Å². The van der Waals surface area contributed by atoms with Crippen molar-refractivity contribution < 1.29 is 0 Å². The lowest BCUT2D eigenvalue weighted by Gasteiger charge is -1.99. The molecular formula is C20H12N4S2. The molecule has 0 aliphatic carbocycles. The van der Waals surface area contributed by atoms with Gasteiger partial charge in [-0.25, -0.2) is 0 Å². The van der Waals surface area contributed by atoms with Crippen molar-refractivity contribution in [1.29, 1.82) is 21.0 Å². The second kappa shape index (κ2) is 6.62. The molecule has 0 radical (unpaired) electrons. The molecule has 0 spiro atoms. The van der Waals surface area contributed by atoms with Crippen molar-refractivity contribution in [3.63, 3.8) is 0 Å². The highest BCUT2D eigenvalue weighted by molar-refractivity contribution is 7.20. The number of benzene rings is 1. The van der Waals surface area contributed by atoms with Crippen LogP contribution in [0.2, 0.25) is 0 Å². The first-order valence-corrected chi connectivity index (χ1v) is 9.44. The van der Waals surface area contributed by atoms with E-state index in [1.54, 1.807) is 0 Å². The number of nitrogens with zero attached hydrogens (tertiary/aromatic N) is 4. The van der Waals surface area contributed by atoms with Crippen LogP contribution in [0.3, 0.4) is 0 Å². The second-order valence-electron chi connectivity index (χ2n) is 6.09. The molecule has 0 bridgehead atoms. The third-order valence-electron chi connectivity index (χ3n) is 4.12. The quantitative estimate of drug-likeness (QED) is 0.646. The van der Waals surface area contributed by atoms with E-state index < -0.39 is 0 Å². The Balaban J connectivity index is 2.88. The Morgan fingerprint density at radius 2 is 1.27 bits per heavy atom. The fourth-order valence-electron chi connectivity index (χ4n) is 2.97. The van der Waals surface area contributed by atoms with Crippen LogP contribution >= 0.6 is 22.7 Å². The van der Waals surface area contributed by atoms with Crippen LogP contribution in [-0.2, 0) is 0 Å². The molecule has 6 heteroatoms. The molecule has 0 atom stereocenters. The fourth-order valence-corrected chi connectivity index (χ4v) is 5.28. The summed E-state index contributed by atoms with van der Waals surface area (Å²) in [5, 5.41) is 40.7. The van der Waals surface area contributed by atoms with E-state index >= 15 is 0 Å². The van der Waals surface area contributed by atoms with E-state index in [1.807, 2.05) is 43.3 Å². The van der Waals surface area contributed by atoms with E-state index in [2.05, 4.69) is 13.8 Å². The largest absolute Gasteiger partial charge is 0.192 e. The van der Waals surface area contributed by atoms with Gasteiger partial charge in [-0.05, 0) is 25.0 Å². The summed E-state index contributed by atoms with van der Waals surface area (Å²) in [6.45, 7) is 6.06. The maximum absolute atomic E-state index is 9.48. The zero-order valence-corrected chi connectivity index (χ0v) is 16.0. The predicted molar refractivity (Wildman–Crippen MR) is 105 cm³/mol. The van der Waals surface area contributed by atoms with Crippen LogP contribution in [0.5, 0.6) is 0 Å². The SMILES string of the molecule is Cc1cc2c(=C(C#N)C#N)c3sc(C(C)C)cc3c(=C(C#N)C#N)c2s1. The molecule has 2 heterocycles. The Labute approximate surface area is 158 Å². The minimum atomic E-state index is 0.0528. The van der Waals surface area contributed by atoms with Gasteiger partial charge < -0.3 is 0 Å². The van der Waals surface area contributed by atoms with Gasteiger partial charge in [0.05, 0.1) is 0 Å². The van der Waals surface area contributed by atoms with E-state index in [0.717, 1.165) is 29.9 Å². The maximum atomic E-state index is 9.48. The number of nitriles is 4. The van der Waals surface area contributed by atoms with Crippen molar-refractivity contribution in [2.75, 3.05) is 0 Å². The Morgan fingerprint density at radius 3 is 1.73 bits per heavy atom. The van der Waals surface area contributed by atoms with E-state index in [-0.39, 0.29) is 17.1 Å². The molecule has 3 rings (SSSR count). The first kappa shape index (κ1) is 17.7. The molecule has 0 saturated carbocycles. The van der Waals surface area contributed by atoms with E-state index in [9.17, 15) is 21.0 Å². The van der Waals surface area contributed by atoms with Crippen LogP contribution in [0.1, 0.15) is 29.5 Å². The average Bonchev–Trinajstić information content (AvgIpc) is 3.21. The molecule has 0 N–H and O–H groups in total. The van der Waals surface area contributed by atoms with Crippen molar-refractivity contribution in [2.45, 2.75) is 26.7 Å². The van der Waals surface area contributed by atoms with Crippen molar-refractivity contribution in [3.05, 3.63) is 32.3 Å². The third kappa shape index (κ3) is 2.54. The Kier molecular flexibility index (Phi) is 4.50. The topological polar surface area (TPSA) is 95.2 Å². The van der Waals surface area contributed by atoms with Gasteiger partial charge in [0.2, 0.25) is 0 Å². The smallest absolute Gasteiger partial charge is 0.138 e. The summed E-state index contributed by atoms with van der Waals surface area (Å²) in [5.74, 6) is 0.258. The molecule has 2 aromatic heterocycles. The number of rotatable bonds is 1. The van der Waals surface area contributed by atoms with Crippen molar-refractivity contribution in [1.82, 2.24) is 0 Å². The fraction of sp³-hybridized carbons (Fsp3) is 0.200. The maximum Gasteiger partial charge on any atom is 0.138 e. The summed E-state index contributed by atoms with van der Waals surface area (Å²) in [4.78, 5) is 2.08. The predicted octanol–water partition coefficient (Wildman–Crippen LogP) is 3.94. The molecule has 0 aliphatic rings. The van der Waals surface area contributed by atoms with Gasteiger partial charge in [0, 0.05) is 40.4 Å². The van der Waals surface area contributed by atoms with E-state index in [4.69, 9.17) is 0 Å². The van der Waals surface area contributed by atoms with Gasteiger partial charge in [0.15, 0.2) is 0 Å². The number of hydrogen-bond donors (Lipinski definition) is 0. The Bertz CT molecular complexity index is 1230. The van der Waals surface area contributed by atoms with Gasteiger partial charge in [-0.3, -0.25) is 0 Å². The first-order valence-electron chi connectivity index (χ1n) is 7.81. The highest BCUT2D eigenvalue weighted by Crippen LogP contribution is 2.31. The molecule has 0 fully saturated rings. The molecule has 3 aromatic rings. The molecule has 0 unspecified atom stereocenters. The minimum Gasteiger partial charge on any atom is -0.192 e. The third-order valence-corrected chi connectivity index (χ3v) is 6.64. The Hall–Kier alpha value is -3.16. The standard InChI is InChI=1S/C20H12N4S2/c1-10(2)16-5-15-18(13(8-23)9-24)19-14(4-11(3)25-19)17(20(15)26-16)12(6-21)7-22/h4-5,10H,1-3H3. The molecule has 4 nitrogen and oxygen atoms in total. The summed E-state index contributed by atoms with van der Waals surface area (Å²) in [5.41, 5.74) is 0.106. The van der Waals surface area contributed by atoms with Gasteiger partial charge in [0.25, 0.3) is 0 Å². The van der Waals surface area contributed by atoms with Gasteiger partial charge in [-0.1, -0.05) is 13.8 Å². The van der Waals surface area contributed by atoms with Gasteiger partial charge in [-0.2, -0.15) is 21.0 Å². The molecule has 124 valence electrons. The zero-order chi connectivity index (χ0) is 19.0. The molecule has 0 aliphatic heterocycles. The Morgan fingerprint density at radius 1 is 0.808 bits per heavy atom. The first-order chi connectivity index (χ1) is 12.5. The molecule has 1 aromatic carbocycles. The number of fused-ring (bicyclic) bond motifs is 2. The van der Waals surface area contributed by atoms with Crippen molar-refractivity contribution in [2.24, 2.45) is 0 Å². The summed E-state index contributed by atoms with van der Waals surface area (Å²) in [7, 11) is 0. The van der Waals surface area contributed by atoms with E-state index in [1.165, 1.54) is 22.7 Å². The molecule has 0 saturated heterocycles. The highest BCUT2D eigenvalue weighted by Gasteiger charge is 2.18. The number of aryl methyl sites for hydroxylation is 1. The second-order valence-corrected chi connectivity index (χ2v) is 8.43. The average molecular weight is 372 g/mol. The minimum absolute atomic E-state index is 0.0528. The lowest BCUT2D eigenvalue weighted by Crippen LogP contribution is -2.15. The van der Waals surface area contributed by atoms with Crippen LogP contribution in [0.15, 0.2) is 12.1 Å². The van der Waals surface area contributed by atoms with Gasteiger partial charge in [-0.15, -0.1) is 22.7 Å². The lowest BCUT2D eigenvalue weighted by molar-refractivity contribution is 0.890. The van der Waals surface area contributed by atoms with Crippen LogP contribution in [-0.4, -0.2) is 0 Å². The number of hydrogen-bond acceptors (Lipinski definition) is 6. The van der Waals surface area contributed by atoms with E-state index in [0.29, 0.717) is 10.4 Å². The summed E-state index contributed by atoms with van der Waals surface area (Å²) in [6, 6.07) is 11.9. The molecule has 26 heavy (non-hydrogen) atoms. The lowest BCUT2D eigenvalue weighted by atomic mass is 10.0. The van der Waals surface area contributed by atoms with Crippen LogP contribution in [0.25, 0.3) is 31.3 Å². The summed E-state index contributed by atoms with van der Waals surface area (Å²) < 4.78 is 1.56. The summed E-state index contributed by atoms with van der Waals surface area (Å²) in [6.07, 6.45) is 0. The molecule has 0 amide bonds. The van der Waals surface area contributed by atoms with Crippen molar-refractivity contribution in [3.8, 4) is 24.3 Å². The highest BCUT2D eigenvalue weighted by atomic mass is 32.1. The van der Waals surface area contributed by atoms with Crippen molar-refractivity contribution >= 4 is 54.0 Å².